The largest absolute Gasteiger partial charge is 0.335 e. The molecule has 1 aliphatic heterocycles. The molecule has 3 aromatic rings. The van der Waals surface area contributed by atoms with Gasteiger partial charge in [-0.3, -0.25) is 4.79 Å². The van der Waals surface area contributed by atoms with Crippen LogP contribution in [0.3, 0.4) is 0 Å². The molecule has 1 saturated heterocycles. The van der Waals surface area contributed by atoms with E-state index in [1.54, 1.807) is 0 Å². The quantitative estimate of drug-likeness (QED) is 0.699. The number of para-hydroxylation sites is 1. The lowest BCUT2D eigenvalue weighted by atomic mass is 9.99. The number of aromatic nitrogens is 3. The van der Waals surface area contributed by atoms with Crippen molar-refractivity contribution >= 4 is 5.91 Å². The zero-order valence-electron chi connectivity index (χ0n) is 15.2. The molecule has 0 spiro atoms. The second-order valence-corrected chi connectivity index (χ2v) is 7.49. The highest BCUT2D eigenvalue weighted by atomic mass is 16.2. The third-order valence-corrected chi connectivity index (χ3v) is 5.45. The number of benzene rings is 2. The molecular weight excluding hydrogens is 336 g/mol. The molecule has 2 aromatic carbocycles. The third kappa shape index (κ3) is 3.25. The topological polar surface area (TPSA) is 51.0 Å². The third-order valence-electron chi connectivity index (χ3n) is 5.45. The molecule has 1 aromatic heterocycles. The van der Waals surface area contributed by atoms with E-state index in [4.69, 9.17) is 10.1 Å². The maximum absolute atomic E-state index is 12.6. The monoisotopic (exact) mass is 358 g/mol. The number of amides is 1. The van der Waals surface area contributed by atoms with Gasteiger partial charge in [-0.05, 0) is 30.5 Å². The molecule has 2 fully saturated rings. The molecule has 0 radical (unpaired) electrons. The molecule has 27 heavy (non-hydrogen) atoms. The van der Waals surface area contributed by atoms with Crippen LogP contribution in [0.5, 0.6) is 0 Å². The van der Waals surface area contributed by atoms with Gasteiger partial charge < -0.3 is 4.90 Å². The lowest BCUT2D eigenvalue weighted by molar-refractivity contribution is -0.128. The van der Waals surface area contributed by atoms with Crippen LogP contribution in [0.4, 0.5) is 0 Å². The zero-order valence-corrected chi connectivity index (χ0v) is 15.2. The Labute approximate surface area is 158 Å². The average Bonchev–Trinajstić information content (AvgIpc) is 3.38. The van der Waals surface area contributed by atoms with E-state index in [1.165, 1.54) is 5.56 Å². The summed E-state index contributed by atoms with van der Waals surface area (Å²) >= 11 is 0. The van der Waals surface area contributed by atoms with Crippen LogP contribution >= 0.6 is 0 Å². The maximum atomic E-state index is 12.6. The van der Waals surface area contributed by atoms with Crippen LogP contribution < -0.4 is 0 Å². The highest BCUT2D eigenvalue weighted by Crippen LogP contribution is 2.38. The van der Waals surface area contributed by atoms with Gasteiger partial charge in [0, 0.05) is 24.8 Å². The smallest absolute Gasteiger partial charge is 0.223 e. The summed E-state index contributed by atoms with van der Waals surface area (Å²) in [4.78, 5) is 19.4. The Kier molecular flexibility index (Phi) is 4.00. The van der Waals surface area contributed by atoms with Crippen molar-refractivity contribution in [3.05, 3.63) is 77.9 Å². The molecule has 1 saturated carbocycles. The van der Waals surface area contributed by atoms with Crippen LogP contribution in [0.1, 0.15) is 48.3 Å². The molecular formula is C22H22N4O. The Balaban J connectivity index is 1.41. The fraction of sp³-hybridized carbons (Fsp3) is 0.318. The summed E-state index contributed by atoms with van der Waals surface area (Å²) in [6, 6.07) is 20.4. The SMILES string of the molecule is O=C1CC(c2ccccc2)CN1Cc1nc(C2CC2)nn1-c1ccccc1. The van der Waals surface area contributed by atoms with Gasteiger partial charge >= 0.3 is 0 Å². The number of likely N-dealkylation sites (tertiary alicyclic amines) is 1. The molecule has 0 N–H and O–H groups in total. The first-order valence-electron chi connectivity index (χ1n) is 9.62. The number of hydrogen-bond donors (Lipinski definition) is 0. The Morgan fingerprint density at radius 2 is 1.63 bits per heavy atom. The van der Waals surface area contributed by atoms with Crippen LogP contribution in [0, 0.1) is 0 Å². The van der Waals surface area contributed by atoms with E-state index in [1.807, 2.05) is 58.1 Å². The van der Waals surface area contributed by atoms with Crippen LogP contribution in [0.25, 0.3) is 5.69 Å². The van der Waals surface area contributed by atoms with Crippen molar-refractivity contribution < 1.29 is 4.79 Å². The van der Waals surface area contributed by atoms with E-state index in [0.717, 1.165) is 36.7 Å². The minimum atomic E-state index is 0.194. The van der Waals surface area contributed by atoms with Gasteiger partial charge in [-0.15, -0.1) is 0 Å². The maximum Gasteiger partial charge on any atom is 0.223 e. The summed E-state index contributed by atoms with van der Waals surface area (Å²) in [5, 5.41) is 4.75. The lowest BCUT2D eigenvalue weighted by Gasteiger charge is -2.17. The first-order chi connectivity index (χ1) is 13.3. The Bertz CT molecular complexity index is 947. The molecule has 5 nitrogen and oxygen atoms in total. The molecule has 1 aliphatic carbocycles. The lowest BCUT2D eigenvalue weighted by Crippen LogP contribution is -2.26. The van der Waals surface area contributed by atoms with Gasteiger partial charge in [0.05, 0.1) is 12.2 Å². The zero-order chi connectivity index (χ0) is 18.2. The summed E-state index contributed by atoms with van der Waals surface area (Å²) in [6.07, 6.45) is 2.90. The molecule has 136 valence electrons. The summed E-state index contributed by atoms with van der Waals surface area (Å²) in [6.45, 7) is 1.25. The Morgan fingerprint density at radius 1 is 0.926 bits per heavy atom. The van der Waals surface area contributed by atoms with Crippen molar-refractivity contribution in [3.8, 4) is 5.69 Å². The summed E-state index contributed by atoms with van der Waals surface area (Å²) in [5.74, 6) is 2.71. The highest BCUT2D eigenvalue weighted by Gasteiger charge is 2.33. The molecule has 1 amide bonds. The van der Waals surface area contributed by atoms with E-state index < -0.39 is 0 Å². The molecule has 1 unspecified atom stereocenters. The molecule has 2 heterocycles. The van der Waals surface area contributed by atoms with Crippen LogP contribution in [0.15, 0.2) is 60.7 Å². The van der Waals surface area contributed by atoms with Gasteiger partial charge in [0.1, 0.15) is 0 Å². The van der Waals surface area contributed by atoms with Crippen molar-refractivity contribution in [3.63, 3.8) is 0 Å². The van der Waals surface area contributed by atoms with Gasteiger partial charge in [0.15, 0.2) is 11.6 Å². The first kappa shape index (κ1) is 16.2. The van der Waals surface area contributed by atoms with Crippen LogP contribution in [-0.4, -0.2) is 32.1 Å². The summed E-state index contributed by atoms with van der Waals surface area (Å²) < 4.78 is 1.91. The van der Waals surface area contributed by atoms with Crippen LogP contribution in [0.2, 0.25) is 0 Å². The standard InChI is InChI=1S/C22H22N4O/c27-21-13-18(16-7-3-1-4-8-16)14-25(21)15-20-23-22(17-11-12-17)24-26(20)19-9-5-2-6-10-19/h1-10,17-18H,11-15H2. The van der Waals surface area contributed by atoms with Gasteiger partial charge in [0.2, 0.25) is 5.91 Å². The summed E-state index contributed by atoms with van der Waals surface area (Å²) in [5.41, 5.74) is 2.23. The van der Waals surface area contributed by atoms with Crippen molar-refractivity contribution in [1.29, 1.82) is 0 Å². The molecule has 2 aliphatic rings. The normalized spacial score (nSPS) is 19.6. The van der Waals surface area contributed by atoms with Crippen molar-refractivity contribution in [2.24, 2.45) is 0 Å². The predicted molar refractivity (Wildman–Crippen MR) is 103 cm³/mol. The number of carbonyl (C=O) groups excluding carboxylic acids is 1. The average molecular weight is 358 g/mol. The molecule has 5 heteroatoms. The number of hydrogen-bond acceptors (Lipinski definition) is 3. The van der Waals surface area contributed by atoms with Gasteiger partial charge in [-0.25, -0.2) is 9.67 Å². The molecule has 5 rings (SSSR count). The molecule has 1 atom stereocenters. The van der Waals surface area contributed by atoms with E-state index in [0.29, 0.717) is 18.9 Å². The highest BCUT2D eigenvalue weighted by molar-refractivity contribution is 5.79. The first-order valence-corrected chi connectivity index (χ1v) is 9.62. The number of carbonyl (C=O) groups is 1. The Morgan fingerprint density at radius 3 is 2.33 bits per heavy atom. The number of nitrogens with zero attached hydrogens (tertiary/aromatic N) is 4. The Hall–Kier alpha value is -2.95. The summed E-state index contributed by atoms with van der Waals surface area (Å²) in [7, 11) is 0. The van der Waals surface area contributed by atoms with Crippen molar-refractivity contribution in [1.82, 2.24) is 19.7 Å². The van der Waals surface area contributed by atoms with E-state index in [-0.39, 0.29) is 11.8 Å². The van der Waals surface area contributed by atoms with Gasteiger partial charge in [-0.2, -0.15) is 5.10 Å². The molecule has 0 bridgehead atoms. The number of rotatable bonds is 5. The second-order valence-electron chi connectivity index (χ2n) is 7.49. The van der Waals surface area contributed by atoms with E-state index >= 15 is 0 Å². The van der Waals surface area contributed by atoms with Crippen molar-refractivity contribution in [2.45, 2.75) is 37.6 Å². The van der Waals surface area contributed by atoms with Crippen molar-refractivity contribution in [2.75, 3.05) is 6.54 Å². The minimum absolute atomic E-state index is 0.194. The van der Waals surface area contributed by atoms with Gasteiger partial charge in [0.25, 0.3) is 0 Å². The predicted octanol–water partition coefficient (Wildman–Crippen LogP) is 3.66. The van der Waals surface area contributed by atoms with Crippen LogP contribution in [-0.2, 0) is 11.3 Å². The second kappa shape index (κ2) is 6.65. The fourth-order valence-electron chi connectivity index (χ4n) is 3.80. The minimum Gasteiger partial charge on any atom is -0.335 e. The van der Waals surface area contributed by atoms with E-state index in [2.05, 4.69) is 12.1 Å². The van der Waals surface area contributed by atoms with E-state index in [9.17, 15) is 4.79 Å². The fourth-order valence-corrected chi connectivity index (χ4v) is 3.80. The van der Waals surface area contributed by atoms with Gasteiger partial charge in [-0.1, -0.05) is 48.5 Å².